The van der Waals surface area contributed by atoms with Gasteiger partial charge in [0, 0.05) is 0 Å². The summed E-state index contributed by atoms with van der Waals surface area (Å²) in [5.41, 5.74) is 4.97. The van der Waals surface area contributed by atoms with Gasteiger partial charge < -0.3 is 5.73 Å². The molecule has 0 aromatic carbocycles. The zero-order valence-corrected chi connectivity index (χ0v) is 6.84. The van der Waals surface area contributed by atoms with Crippen LogP contribution in [0, 0.1) is 17.2 Å². The lowest BCUT2D eigenvalue weighted by Crippen LogP contribution is -2.21. The number of rotatable bonds is 5. The zero-order chi connectivity index (χ0) is 8.69. The summed E-state index contributed by atoms with van der Waals surface area (Å²) in [6.45, 7) is 2.08. The largest absolute Gasteiger partial charge is 0.369 e. The highest BCUT2D eigenvalue weighted by atomic mass is 16.1. The molecular formula is C8H14N2O. The molecular weight excluding hydrogens is 140 g/mol. The number of amides is 1. The summed E-state index contributed by atoms with van der Waals surface area (Å²) < 4.78 is 0. The van der Waals surface area contributed by atoms with Gasteiger partial charge >= 0.3 is 0 Å². The van der Waals surface area contributed by atoms with E-state index >= 15 is 0 Å². The quantitative estimate of drug-likeness (QED) is 0.604. The Labute approximate surface area is 67.2 Å². The maximum atomic E-state index is 10.5. The van der Waals surface area contributed by atoms with Crippen molar-refractivity contribution in [3.8, 4) is 6.07 Å². The van der Waals surface area contributed by atoms with Crippen LogP contribution in [-0.2, 0) is 4.79 Å². The van der Waals surface area contributed by atoms with E-state index in [1.165, 1.54) is 0 Å². The highest BCUT2D eigenvalue weighted by molar-refractivity contribution is 5.79. The van der Waals surface area contributed by atoms with E-state index in [1.54, 1.807) is 0 Å². The van der Waals surface area contributed by atoms with Crippen molar-refractivity contribution in [3.05, 3.63) is 0 Å². The van der Waals surface area contributed by atoms with E-state index in [0.29, 0.717) is 6.42 Å². The fraction of sp³-hybridized carbons (Fsp3) is 0.750. The Hall–Kier alpha value is -1.04. The van der Waals surface area contributed by atoms with E-state index in [2.05, 4.69) is 6.92 Å². The average Bonchev–Trinajstić information content (AvgIpc) is 1.97. The molecule has 0 aliphatic rings. The Morgan fingerprint density at radius 2 is 2.27 bits per heavy atom. The maximum absolute atomic E-state index is 10.5. The lowest BCUT2D eigenvalue weighted by atomic mass is 10.0. The molecule has 3 nitrogen and oxygen atoms in total. The summed E-state index contributed by atoms with van der Waals surface area (Å²) in [6.07, 6.45) is 3.68. The molecule has 11 heavy (non-hydrogen) atoms. The normalized spacial score (nSPS) is 12.0. The van der Waals surface area contributed by atoms with Crippen LogP contribution in [0.25, 0.3) is 0 Å². The number of carbonyl (C=O) groups excluding carboxylic acids is 1. The lowest BCUT2D eigenvalue weighted by Gasteiger charge is -2.01. The first-order chi connectivity index (χ1) is 5.22. The molecule has 62 valence electrons. The molecule has 0 saturated heterocycles. The molecule has 0 aliphatic carbocycles. The number of hydrogen-bond acceptors (Lipinski definition) is 2. The van der Waals surface area contributed by atoms with Gasteiger partial charge in [0.25, 0.3) is 0 Å². The van der Waals surface area contributed by atoms with Crippen LogP contribution < -0.4 is 5.73 Å². The molecule has 0 fully saturated rings. The Morgan fingerprint density at radius 1 is 1.64 bits per heavy atom. The molecule has 2 N–H and O–H groups in total. The number of hydrogen-bond donors (Lipinski definition) is 1. The smallest absolute Gasteiger partial charge is 0.234 e. The van der Waals surface area contributed by atoms with Gasteiger partial charge in [0.15, 0.2) is 0 Å². The van der Waals surface area contributed by atoms with Crippen molar-refractivity contribution >= 4 is 5.91 Å². The molecule has 0 aromatic rings. The van der Waals surface area contributed by atoms with Gasteiger partial charge in [-0.05, 0) is 6.42 Å². The molecule has 0 saturated carbocycles. The first-order valence-electron chi connectivity index (χ1n) is 3.91. The minimum Gasteiger partial charge on any atom is -0.369 e. The second kappa shape index (κ2) is 5.72. The second-order valence-corrected chi connectivity index (χ2v) is 2.58. The third-order valence-electron chi connectivity index (χ3n) is 1.60. The fourth-order valence-corrected chi connectivity index (χ4v) is 0.869. The number of nitriles is 1. The van der Waals surface area contributed by atoms with Crippen LogP contribution in [0.3, 0.4) is 0 Å². The van der Waals surface area contributed by atoms with Gasteiger partial charge in [0.2, 0.25) is 5.91 Å². The van der Waals surface area contributed by atoms with Crippen LogP contribution in [0.4, 0.5) is 0 Å². The van der Waals surface area contributed by atoms with E-state index in [4.69, 9.17) is 11.0 Å². The molecule has 0 aliphatic heterocycles. The molecule has 3 heteroatoms. The van der Waals surface area contributed by atoms with Crippen LogP contribution in [-0.4, -0.2) is 5.91 Å². The first kappa shape index (κ1) is 9.96. The third kappa shape index (κ3) is 4.38. The zero-order valence-electron chi connectivity index (χ0n) is 6.84. The standard InChI is InChI=1S/C8H14N2O/c1-2-3-4-5-7(6-9)8(10)11/h7H,2-5H2,1H3,(H2,10,11)/t7-/m1/s1. The summed E-state index contributed by atoms with van der Waals surface area (Å²) >= 11 is 0. The summed E-state index contributed by atoms with van der Waals surface area (Å²) in [5, 5.41) is 8.44. The first-order valence-corrected chi connectivity index (χ1v) is 3.91. The van der Waals surface area contributed by atoms with Crippen LogP contribution in [0.5, 0.6) is 0 Å². The van der Waals surface area contributed by atoms with Crippen molar-refractivity contribution in [2.24, 2.45) is 11.7 Å². The van der Waals surface area contributed by atoms with Crippen molar-refractivity contribution in [1.29, 1.82) is 5.26 Å². The van der Waals surface area contributed by atoms with E-state index < -0.39 is 11.8 Å². The van der Waals surface area contributed by atoms with Crippen molar-refractivity contribution in [1.82, 2.24) is 0 Å². The van der Waals surface area contributed by atoms with Crippen molar-refractivity contribution in [2.45, 2.75) is 32.6 Å². The third-order valence-corrected chi connectivity index (χ3v) is 1.60. The molecule has 0 radical (unpaired) electrons. The molecule has 1 atom stereocenters. The van der Waals surface area contributed by atoms with Crippen LogP contribution in [0.2, 0.25) is 0 Å². The lowest BCUT2D eigenvalue weighted by molar-refractivity contribution is -0.120. The highest BCUT2D eigenvalue weighted by Gasteiger charge is 2.12. The van der Waals surface area contributed by atoms with E-state index in [0.717, 1.165) is 19.3 Å². The predicted octanol–water partition coefficient (Wildman–Crippen LogP) is 1.19. The molecule has 0 bridgehead atoms. The molecule has 1 amide bonds. The van der Waals surface area contributed by atoms with Crippen LogP contribution in [0.15, 0.2) is 0 Å². The van der Waals surface area contributed by atoms with Crippen molar-refractivity contribution in [3.63, 3.8) is 0 Å². The maximum Gasteiger partial charge on any atom is 0.234 e. The van der Waals surface area contributed by atoms with Gasteiger partial charge in [0.1, 0.15) is 5.92 Å². The van der Waals surface area contributed by atoms with Gasteiger partial charge in [-0.3, -0.25) is 4.79 Å². The van der Waals surface area contributed by atoms with Gasteiger partial charge in [-0.1, -0.05) is 26.2 Å². The summed E-state index contributed by atoms with van der Waals surface area (Å²) in [7, 11) is 0. The Balaban J connectivity index is 3.55. The predicted molar refractivity (Wildman–Crippen MR) is 42.4 cm³/mol. The van der Waals surface area contributed by atoms with Crippen molar-refractivity contribution in [2.75, 3.05) is 0 Å². The Bertz CT molecular complexity index is 160. The number of unbranched alkanes of at least 4 members (excludes halogenated alkanes) is 2. The number of primary amides is 1. The van der Waals surface area contributed by atoms with Gasteiger partial charge in [-0.25, -0.2) is 0 Å². The van der Waals surface area contributed by atoms with Gasteiger partial charge in [-0.2, -0.15) is 5.26 Å². The summed E-state index contributed by atoms with van der Waals surface area (Å²) in [5.74, 6) is -1.08. The molecule has 0 heterocycles. The van der Waals surface area contributed by atoms with E-state index in [9.17, 15) is 4.79 Å². The number of carbonyl (C=O) groups is 1. The minimum atomic E-state index is -0.582. The SMILES string of the molecule is CCCCC[C@H](C#N)C(N)=O. The Kier molecular flexibility index (Phi) is 5.18. The number of nitrogens with zero attached hydrogens (tertiary/aromatic N) is 1. The number of nitrogens with two attached hydrogens (primary N) is 1. The van der Waals surface area contributed by atoms with Crippen LogP contribution >= 0.6 is 0 Å². The second-order valence-electron chi connectivity index (χ2n) is 2.58. The average molecular weight is 154 g/mol. The monoisotopic (exact) mass is 154 g/mol. The van der Waals surface area contributed by atoms with Gasteiger partial charge in [0.05, 0.1) is 6.07 Å². The molecule has 0 aromatic heterocycles. The topological polar surface area (TPSA) is 66.9 Å². The molecule has 0 rings (SSSR count). The summed E-state index contributed by atoms with van der Waals surface area (Å²) in [6, 6.07) is 1.89. The molecule has 0 unspecified atom stereocenters. The van der Waals surface area contributed by atoms with Gasteiger partial charge in [-0.15, -0.1) is 0 Å². The van der Waals surface area contributed by atoms with E-state index in [1.807, 2.05) is 6.07 Å². The van der Waals surface area contributed by atoms with Crippen LogP contribution in [0.1, 0.15) is 32.6 Å². The fourth-order valence-electron chi connectivity index (χ4n) is 0.869. The van der Waals surface area contributed by atoms with Crippen molar-refractivity contribution < 1.29 is 4.79 Å². The highest BCUT2D eigenvalue weighted by Crippen LogP contribution is 2.07. The summed E-state index contributed by atoms with van der Waals surface area (Å²) in [4.78, 5) is 10.5. The minimum absolute atomic E-state index is 0.497. The Morgan fingerprint density at radius 3 is 2.64 bits per heavy atom. The molecule has 0 spiro atoms. The van der Waals surface area contributed by atoms with E-state index in [-0.39, 0.29) is 0 Å².